The Morgan fingerprint density at radius 2 is 1.76 bits per heavy atom. The van der Waals surface area contributed by atoms with E-state index in [9.17, 15) is 4.79 Å². The van der Waals surface area contributed by atoms with Crippen LogP contribution in [-0.2, 0) is 4.79 Å². The van der Waals surface area contributed by atoms with Gasteiger partial charge >= 0.3 is 0 Å². The largest absolute Gasteiger partial charge is 0.339 e. The summed E-state index contributed by atoms with van der Waals surface area (Å²) in [7, 11) is 0. The second-order valence-electron chi connectivity index (χ2n) is 5.79. The molecule has 5 nitrogen and oxygen atoms in total. The first-order valence-electron chi connectivity index (χ1n) is 7.77. The van der Waals surface area contributed by atoms with Crippen molar-refractivity contribution >= 4 is 34.8 Å². The highest BCUT2D eigenvalue weighted by Crippen LogP contribution is 2.35. The number of hydrogen-bond acceptors (Lipinski definition) is 4. The summed E-state index contributed by atoms with van der Waals surface area (Å²) < 4.78 is 5.39. The summed E-state index contributed by atoms with van der Waals surface area (Å²) in [6.07, 6.45) is 0.301. The van der Waals surface area contributed by atoms with Gasteiger partial charge in [0.25, 0.3) is 0 Å². The molecule has 0 radical (unpaired) electrons. The van der Waals surface area contributed by atoms with Crippen molar-refractivity contribution in [3.63, 3.8) is 0 Å². The fraction of sp³-hybridized carbons (Fsp3) is 0.167. The molecule has 2 heterocycles. The van der Waals surface area contributed by atoms with Crippen LogP contribution in [0.3, 0.4) is 0 Å². The molecule has 0 saturated carbocycles. The topological polar surface area (TPSA) is 59.2 Å². The maximum absolute atomic E-state index is 12.4. The molecule has 3 aromatic rings. The molecule has 1 fully saturated rings. The van der Waals surface area contributed by atoms with E-state index in [1.165, 1.54) is 0 Å². The quantitative estimate of drug-likeness (QED) is 0.674. The Labute approximate surface area is 154 Å². The van der Waals surface area contributed by atoms with Gasteiger partial charge in [0.1, 0.15) is 0 Å². The number of aromatic nitrogens is 2. The number of amides is 1. The number of anilines is 1. The fourth-order valence-corrected chi connectivity index (χ4v) is 3.39. The Bertz CT molecular complexity index is 941. The van der Waals surface area contributed by atoms with Crippen LogP contribution in [0, 0.1) is 0 Å². The van der Waals surface area contributed by atoms with Gasteiger partial charge in [0, 0.05) is 18.5 Å². The van der Waals surface area contributed by atoms with Crippen LogP contribution in [0.1, 0.15) is 18.2 Å². The summed E-state index contributed by atoms with van der Waals surface area (Å²) in [5.74, 6) is 0.658. The van der Waals surface area contributed by atoms with Gasteiger partial charge in [-0.3, -0.25) is 4.79 Å². The van der Waals surface area contributed by atoms with Gasteiger partial charge in [-0.2, -0.15) is 4.98 Å². The van der Waals surface area contributed by atoms with Gasteiger partial charge in [-0.25, -0.2) is 0 Å². The van der Waals surface area contributed by atoms with Crippen LogP contribution in [0.5, 0.6) is 0 Å². The predicted molar refractivity (Wildman–Crippen MR) is 95.9 cm³/mol. The van der Waals surface area contributed by atoms with Gasteiger partial charge in [-0.05, 0) is 24.3 Å². The van der Waals surface area contributed by atoms with E-state index in [4.69, 9.17) is 27.7 Å². The average molecular weight is 374 g/mol. The first-order valence-corrected chi connectivity index (χ1v) is 8.52. The van der Waals surface area contributed by atoms with Crippen molar-refractivity contribution in [3.05, 3.63) is 64.5 Å². The summed E-state index contributed by atoms with van der Waals surface area (Å²) in [5.41, 5.74) is 1.40. The minimum atomic E-state index is -0.174. The number of carbonyl (C=O) groups excluding carboxylic acids is 1. The van der Waals surface area contributed by atoms with E-state index in [1.807, 2.05) is 36.4 Å². The van der Waals surface area contributed by atoms with Gasteiger partial charge in [-0.15, -0.1) is 0 Å². The van der Waals surface area contributed by atoms with Gasteiger partial charge in [0.15, 0.2) is 0 Å². The van der Waals surface area contributed by atoms with Crippen LogP contribution in [0.15, 0.2) is 53.1 Å². The van der Waals surface area contributed by atoms with Crippen LogP contribution >= 0.6 is 23.2 Å². The Balaban J connectivity index is 1.59. The van der Waals surface area contributed by atoms with Crippen LogP contribution in [-0.4, -0.2) is 22.6 Å². The van der Waals surface area contributed by atoms with E-state index >= 15 is 0 Å². The lowest BCUT2D eigenvalue weighted by Gasteiger charge is -2.17. The highest BCUT2D eigenvalue weighted by Gasteiger charge is 2.36. The maximum Gasteiger partial charge on any atom is 0.232 e. The third-order valence-electron chi connectivity index (χ3n) is 4.17. The number of hydrogen-bond donors (Lipinski definition) is 0. The first kappa shape index (κ1) is 16.1. The lowest BCUT2D eigenvalue weighted by Crippen LogP contribution is -2.24. The molecule has 126 valence electrons. The van der Waals surface area contributed by atoms with E-state index in [0.717, 1.165) is 0 Å². The Kier molecular flexibility index (Phi) is 4.19. The third-order valence-corrected chi connectivity index (χ3v) is 4.82. The lowest BCUT2D eigenvalue weighted by atomic mass is 10.1. The Morgan fingerprint density at radius 1 is 1.04 bits per heavy atom. The third kappa shape index (κ3) is 3.01. The molecule has 7 heteroatoms. The van der Waals surface area contributed by atoms with Crippen LogP contribution < -0.4 is 4.90 Å². The van der Waals surface area contributed by atoms with E-state index in [-0.39, 0.29) is 11.8 Å². The van der Waals surface area contributed by atoms with E-state index in [2.05, 4.69) is 10.1 Å². The molecule has 0 N–H and O–H groups in total. The molecular formula is C18H13Cl2N3O2. The Morgan fingerprint density at radius 3 is 2.52 bits per heavy atom. The predicted octanol–water partition coefficient (Wildman–Crippen LogP) is 4.56. The summed E-state index contributed by atoms with van der Waals surface area (Å²) in [6, 6.07) is 14.6. The van der Waals surface area contributed by atoms with Gasteiger partial charge in [0.2, 0.25) is 17.6 Å². The van der Waals surface area contributed by atoms with Gasteiger partial charge in [0.05, 0.1) is 21.7 Å². The molecule has 1 aromatic heterocycles. The molecule has 4 rings (SSSR count). The monoisotopic (exact) mass is 373 g/mol. The summed E-state index contributed by atoms with van der Waals surface area (Å²) in [4.78, 5) is 18.5. The number of nitrogens with zero attached hydrogens (tertiary/aromatic N) is 3. The van der Waals surface area contributed by atoms with Crippen molar-refractivity contribution in [2.24, 2.45) is 0 Å². The SMILES string of the molecule is O=C1CC(c2nc(-c3ccccc3Cl)no2)CN1c1ccccc1Cl. The molecule has 2 aromatic carbocycles. The van der Waals surface area contributed by atoms with E-state index in [1.54, 1.807) is 17.0 Å². The van der Waals surface area contributed by atoms with Crippen LogP contribution in [0.2, 0.25) is 10.0 Å². The number of rotatable bonds is 3. The summed E-state index contributed by atoms with van der Waals surface area (Å²) in [6.45, 7) is 0.451. The average Bonchev–Trinajstić information content (AvgIpc) is 3.23. The molecule has 1 amide bonds. The fourth-order valence-electron chi connectivity index (χ4n) is 2.93. The van der Waals surface area contributed by atoms with Crippen LogP contribution in [0.4, 0.5) is 5.69 Å². The second kappa shape index (κ2) is 6.50. The molecule has 0 aliphatic carbocycles. The molecule has 25 heavy (non-hydrogen) atoms. The lowest BCUT2D eigenvalue weighted by molar-refractivity contribution is -0.117. The van der Waals surface area contributed by atoms with Crippen molar-refractivity contribution in [1.82, 2.24) is 10.1 Å². The smallest absolute Gasteiger partial charge is 0.232 e. The Hall–Kier alpha value is -2.37. The summed E-state index contributed by atoms with van der Waals surface area (Å²) >= 11 is 12.4. The highest BCUT2D eigenvalue weighted by molar-refractivity contribution is 6.34. The van der Waals surface area contributed by atoms with Crippen molar-refractivity contribution < 1.29 is 9.32 Å². The zero-order valence-electron chi connectivity index (χ0n) is 13.0. The van der Waals surface area contributed by atoms with Crippen LogP contribution in [0.25, 0.3) is 11.4 Å². The minimum Gasteiger partial charge on any atom is -0.339 e. The van der Waals surface area contributed by atoms with Gasteiger partial charge < -0.3 is 9.42 Å². The normalized spacial score (nSPS) is 17.3. The zero-order chi connectivity index (χ0) is 17.4. The van der Waals surface area contributed by atoms with Crippen molar-refractivity contribution in [1.29, 1.82) is 0 Å². The summed E-state index contributed by atoms with van der Waals surface area (Å²) in [5, 5.41) is 5.10. The number of carbonyl (C=O) groups is 1. The van der Waals surface area contributed by atoms with Crippen molar-refractivity contribution in [2.45, 2.75) is 12.3 Å². The maximum atomic E-state index is 12.4. The second-order valence-corrected chi connectivity index (χ2v) is 6.61. The molecule has 1 unspecified atom stereocenters. The number of halogens is 2. The minimum absolute atomic E-state index is 0.0180. The van der Waals surface area contributed by atoms with E-state index in [0.29, 0.717) is 46.0 Å². The molecular weight excluding hydrogens is 361 g/mol. The molecule has 0 spiro atoms. The molecule has 0 bridgehead atoms. The van der Waals surface area contributed by atoms with Crippen molar-refractivity contribution in [3.8, 4) is 11.4 Å². The molecule has 1 atom stereocenters. The molecule has 1 aliphatic heterocycles. The first-order chi connectivity index (χ1) is 12.1. The standard InChI is InChI=1S/C18H13Cl2N3O2/c19-13-6-2-1-5-12(13)17-21-18(25-22-17)11-9-16(24)23(10-11)15-8-4-3-7-14(15)20/h1-8,11H,9-10H2. The van der Waals surface area contributed by atoms with Gasteiger partial charge in [-0.1, -0.05) is 52.6 Å². The zero-order valence-corrected chi connectivity index (χ0v) is 14.5. The van der Waals surface area contributed by atoms with E-state index < -0.39 is 0 Å². The number of benzene rings is 2. The van der Waals surface area contributed by atoms with Crippen molar-refractivity contribution in [2.75, 3.05) is 11.4 Å². The highest BCUT2D eigenvalue weighted by atomic mass is 35.5. The molecule has 1 saturated heterocycles. The number of para-hydroxylation sites is 1. The molecule has 1 aliphatic rings.